The van der Waals surface area contributed by atoms with Crippen molar-refractivity contribution in [3.63, 3.8) is 0 Å². The molecule has 2 rings (SSSR count). The van der Waals surface area contributed by atoms with Gasteiger partial charge in [-0.15, -0.1) is 0 Å². The molecule has 0 bridgehead atoms. The standard InChI is InChI=1S/C16H14BrFO/c1-16(2,12-6-4-3-5-7-12)15(19)11-8-9-14(18)13(17)10-11/h3-10H,1-2H3. The zero-order valence-corrected chi connectivity index (χ0v) is 12.4. The van der Waals surface area contributed by atoms with Crippen LogP contribution in [0.2, 0.25) is 0 Å². The number of hydrogen-bond acceptors (Lipinski definition) is 1. The summed E-state index contributed by atoms with van der Waals surface area (Å²) in [5, 5.41) is 0. The van der Waals surface area contributed by atoms with Gasteiger partial charge in [0.1, 0.15) is 5.82 Å². The lowest BCUT2D eigenvalue weighted by atomic mass is 9.78. The second kappa shape index (κ2) is 5.25. The molecule has 0 N–H and O–H groups in total. The second-order valence-corrected chi connectivity index (χ2v) is 5.80. The summed E-state index contributed by atoms with van der Waals surface area (Å²) in [6.45, 7) is 3.75. The normalized spacial score (nSPS) is 11.4. The summed E-state index contributed by atoms with van der Waals surface area (Å²) in [5.74, 6) is -0.395. The maximum absolute atomic E-state index is 13.2. The van der Waals surface area contributed by atoms with Gasteiger partial charge in [0.25, 0.3) is 0 Å². The van der Waals surface area contributed by atoms with Crippen molar-refractivity contribution in [2.24, 2.45) is 0 Å². The van der Waals surface area contributed by atoms with Gasteiger partial charge in [0.2, 0.25) is 0 Å². The van der Waals surface area contributed by atoms with Crippen molar-refractivity contribution in [1.82, 2.24) is 0 Å². The predicted octanol–water partition coefficient (Wildman–Crippen LogP) is 4.75. The van der Waals surface area contributed by atoms with Gasteiger partial charge in [-0.3, -0.25) is 4.79 Å². The third kappa shape index (κ3) is 2.76. The maximum atomic E-state index is 13.2. The van der Waals surface area contributed by atoms with Crippen LogP contribution >= 0.6 is 15.9 Å². The molecule has 0 aliphatic heterocycles. The molecule has 0 aliphatic rings. The minimum atomic E-state index is -0.640. The zero-order chi connectivity index (χ0) is 14.0. The summed E-state index contributed by atoms with van der Waals surface area (Å²) in [6, 6.07) is 13.9. The van der Waals surface area contributed by atoms with Gasteiger partial charge in [-0.05, 0) is 53.5 Å². The van der Waals surface area contributed by atoms with E-state index in [4.69, 9.17) is 0 Å². The SMILES string of the molecule is CC(C)(C(=O)c1ccc(F)c(Br)c1)c1ccccc1. The third-order valence-electron chi connectivity index (χ3n) is 3.24. The molecule has 0 unspecified atom stereocenters. The lowest BCUT2D eigenvalue weighted by molar-refractivity contribution is 0.0908. The Morgan fingerprint density at radius 2 is 1.74 bits per heavy atom. The van der Waals surface area contributed by atoms with Crippen LogP contribution in [0.1, 0.15) is 29.8 Å². The summed E-state index contributed by atoms with van der Waals surface area (Å²) in [5.41, 5.74) is 0.806. The van der Waals surface area contributed by atoms with Gasteiger partial charge in [-0.25, -0.2) is 4.39 Å². The molecule has 2 aromatic rings. The van der Waals surface area contributed by atoms with Gasteiger partial charge in [-0.1, -0.05) is 30.3 Å². The zero-order valence-electron chi connectivity index (χ0n) is 10.8. The molecular formula is C16H14BrFO. The molecule has 0 saturated carbocycles. The number of carbonyl (C=O) groups is 1. The molecule has 0 saturated heterocycles. The van der Waals surface area contributed by atoms with E-state index in [1.165, 1.54) is 18.2 Å². The van der Waals surface area contributed by atoms with Crippen LogP contribution in [0.15, 0.2) is 53.0 Å². The molecule has 3 heteroatoms. The first-order valence-electron chi connectivity index (χ1n) is 5.98. The largest absolute Gasteiger partial charge is 0.293 e. The Morgan fingerprint density at radius 1 is 1.11 bits per heavy atom. The van der Waals surface area contributed by atoms with Gasteiger partial charge >= 0.3 is 0 Å². The number of hydrogen-bond donors (Lipinski definition) is 0. The fraction of sp³-hybridized carbons (Fsp3) is 0.188. The molecule has 0 aliphatic carbocycles. The molecule has 2 aromatic carbocycles. The Kier molecular flexibility index (Phi) is 3.85. The third-order valence-corrected chi connectivity index (χ3v) is 3.85. The smallest absolute Gasteiger partial charge is 0.172 e. The average Bonchev–Trinajstić information content (AvgIpc) is 2.42. The van der Waals surface area contributed by atoms with Crippen molar-refractivity contribution in [1.29, 1.82) is 0 Å². The quantitative estimate of drug-likeness (QED) is 0.746. The van der Waals surface area contributed by atoms with Crippen LogP contribution < -0.4 is 0 Å². The number of benzene rings is 2. The fourth-order valence-corrected chi connectivity index (χ4v) is 2.36. The van der Waals surface area contributed by atoms with E-state index in [9.17, 15) is 9.18 Å². The highest BCUT2D eigenvalue weighted by Crippen LogP contribution is 2.29. The molecule has 0 fully saturated rings. The molecule has 1 nitrogen and oxygen atoms in total. The molecule has 19 heavy (non-hydrogen) atoms. The van der Waals surface area contributed by atoms with Crippen LogP contribution in [0.25, 0.3) is 0 Å². The van der Waals surface area contributed by atoms with Gasteiger partial charge in [0.05, 0.1) is 9.89 Å². The number of rotatable bonds is 3. The first-order chi connectivity index (χ1) is 8.93. The molecule has 0 radical (unpaired) electrons. The van der Waals surface area contributed by atoms with E-state index in [1.807, 2.05) is 44.2 Å². The Bertz CT molecular complexity index is 605. The topological polar surface area (TPSA) is 17.1 Å². The van der Waals surface area contributed by atoms with Crippen molar-refractivity contribution >= 4 is 21.7 Å². The highest BCUT2D eigenvalue weighted by atomic mass is 79.9. The van der Waals surface area contributed by atoms with Crippen LogP contribution in [-0.2, 0) is 5.41 Å². The predicted molar refractivity (Wildman–Crippen MR) is 77.9 cm³/mol. The summed E-state index contributed by atoms with van der Waals surface area (Å²) < 4.78 is 13.5. The van der Waals surface area contributed by atoms with Crippen LogP contribution in [0.3, 0.4) is 0 Å². The first-order valence-corrected chi connectivity index (χ1v) is 6.77. The number of Topliss-reactive ketones (excluding diaryl/α,β-unsaturated/α-hetero) is 1. The Hall–Kier alpha value is -1.48. The van der Waals surface area contributed by atoms with Gasteiger partial charge in [0.15, 0.2) is 5.78 Å². The fourth-order valence-electron chi connectivity index (χ4n) is 1.98. The second-order valence-electron chi connectivity index (χ2n) is 4.95. The molecule has 0 atom stereocenters. The van der Waals surface area contributed by atoms with E-state index in [0.717, 1.165) is 5.56 Å². The van der Waals surface area contributed by atoms with Crippen LogP contribution in [0.5, 0.6) is 0 Å². The van der Waals surface area contributed by atoms with E-state index < -0.39 is 5.41 Å². The van der Waals surface area contributed by atoms with Crippen molar-refractivity contribution in [2.75, 3.05) is 0 Å². The number of carbonyl (C=O) groups excluding carboxylic acids is 1. The summed E-state index contributed by atoms with van der Waals surface area (Å²) in [7, 11) is 0. The van der Waals surface area contributed by atoms with Crippen molar-refractivity contribution in [2.45, 2.75) is 19.3 Å². The molecule has 0 aromatic heterocycles. The number of ketones is 1. The molecule has 0 heterocycles. The molecular weight excluding hydrogens is 307 g/mol. The highest BCUT2D eigenvalue weighted by Gasteiger charge is 2.30. The highest BCUT2D eigenvalue weighted by molar-refractivity contribution is 9.10. The van der Waals surface area contributed by atoms with Crippen LogP contribution in [-0.4, -0.2) is 5.78 Å². The molecule has 98 valence electrons. The monoisotopic (exact) mass is 320 g/mol. The summed E-state index contributed by atoms with van der Waals surface area (Å²) in [4.78, 5) is 12.6. The Balaban J connectivity index is 2.40. The van der Waals surface area contributed by atoms with Crippen LogP contribution in [0, 0.1) is 5.82 Å². The van der Waals surface area contributed by atoms with Crippen LogP contribution in [0.4, 0.5) is 4.39 Å². The van der Waals surface area contributed by atoms with Crippen molar-refractivity contribution < 1.29 is 9.18 Å². The average molecular weight is 321 g/mol. The van der Waals surface area contributed by atoms with Gasteiger partial charge < -0.3 is 0 Å². The Labute approximate surface area is 120 Å². The molecule has 0 amide bonds. The van der Waals surface area contributed by atoms with Gasteiger partial charge in [-0.2, -0.15) is 0 Å². The van der Waals surface area contributed by atoms with Gasteiger partial charge in [0, 0.05) is 5.56 Å². The first kappa shape index (κ1) is 13.9. The molecule has 0 spiro atoms. The maximum Gasteiger partial charge on any atom is 0.172 e. The van der Waals surface area contributed by atoms with E-state index in [-0.39, 0.29) is 11.6 Å². The minimum Gasteiger partial charge on any atom is -0.293 e. The lowest BCUT2D eigenvalue weighted by Gasteiger charge is -2.24. The van der Waals surface area contributed by atoms with E-state index in [2.05, 4.69) is 15.9 Å². The summed E-state index contributed by atoms with van der Waals surface area (Å²) in [6.07, 6.45) is 0. The Morgan fingerprint density at radius 3 is 2.32 bits per heavy atom. The lowest BCUT2D eigenvalue weighted by Crippen LogP contribution is -2.29. The van der Waals surface area contributed by atoms with E-state index in [1.54, 1.807) is 0 Å². The van der Waals surface area contributed by atoms with E-state index in [0.29, 0.717) is 10.0 Å². The van der Waals surface area contributed by atoms with Crippen molar-refractivity contribution in [3.8, 4) is 0 Å². The van der Waals surface area contributed by atoms with E-state index >= 15 is 0 Å². The number of halogens is 2. The van der Waals surface area contributed by atoms with Crippen molar-refractivity contribution in [3.05, 3.63) is 69.9 Å². The summed E-state index contributed by atoms with van der Waals surface area (Å²) >= 11 is 3.11. The minimum absolute atomic E-state index is 0.0283.